The van der Waals surface area contributed by atoms with Crippen molar-refractivity contribution in [3.63, 3.8) is 0 Å². The summed E-state index contributed by atoms with van der Waals surface area (Å²) in [6.45, 7) is 0. The first-order valence-electron chi connectivity index (χ1n) is 15.8. The number of para-hydroxylation sites is 1. The van der Waals surface area contributed by atoms with E-state index in [1.54, 1.807) is 0 Å². The van der Waals surface area contributed by atoms with Gasteiger partial charge in [0, 0.05) is 54.6 Å². The molecule has 0 aliphatic heterocycles. The molecule has 0 aliphatic rings. The van der Waals surface area contributed by atoms with Gasteiger partial charge in [0.05, 0.1) is 32.6 Å². The van der Waals surface area contributed by atoms with Gasteiger partial charge in [-0.25, -0.2) is 9.97 Å². The molecule has 10 rings (SSSR count). The molecule has 0 amide bonds. The van der Waals surface area contributed by atoms with Crippen molar-refractivity contribution in [1.82, 2.24) is 19.1 Å². The highest BCUT2D eigenvalue weighted by molar-refractivity contribution is 7.26. The molecule has 10 aromatic rings. The predicted octanol–water partition coefficient (Wildman–Crippen LogP) is 11.2. The molecule has 4 heterocycles. The molecule has 220 valence electrons. The first kappa shape index (κ1) is 26.2. The minimum absolute atomic E-state index is 0.664. The Kier molecular flexibility index (Phi) is 5.71. The fourth-order valence-electron chi connectivity index (χ4n) is 6.98. The lowest BCUT2D eigenvalue weighted by molar-refractivity contribution is 0.999. The molecule has 0 unspecified atom stereocenters. The SMILES string of the molecule is c1ccc(-c2cc(-c3ccccc3)nc(-n3c4cc5ccn(-c6ccccc6)c5cc4c4ccc5c6ccccc6sc5c43)n2)cc1. The van der Waals surface area contributed by atoms with E-state index in [4.69, 9.17) is 9.97 Å². The van der Waals surface area contributed by atoms with E-state index in [9.17, 15) is 0 Å². The number of hydrogen-bond donors (Lipinski definition) is 0. The van der Waals surface area contributed by atoms with Crippen LogP contribution in [0.25, 0.3) is 87.0 Å². The Balaban J connectivity index is 1.36. The Morgan fingerprint density at radius 1 is 0.489 bits per heavy atom. The van der Waals surface area contributed by atoms with E-state index in [0.717, 1.165) is 39.2 Å². The average Bonchev–Trinajstić information content (AvgIpc) is 3.83. The monoisotopic (exact) mass is 618 g/mol. The van der Waals surface area contributed by atoms with Crippen LogP contribution in [0.15, 0.2) is 158 Å². The van der Waals surface area contributed by atoms with Gasteiger partial charge < -0.3 is 4.57 Å². The lowest BCUT2D eigenvalue weighted by atomic mass is 10.1. The smallest absolute Gasteiger partial charge is 0.235 e. The Morgan fingerprint density at radius 3 is 1.85 bits per heavy atom. The molecule has 0 fully saturated rings. The molecule has 0 saturated carbocycles. The molecule has 4 nitrogen and oxygen atoms in total. The summed E-state index contributed by atoms with van der Waals surface area (Å²) in [6.07, 6.45) is 2.16. The Bertz CT molecular complexity index is 2720. The topological polar surface area (TPSA) is 35.6 Å². The molecular weight excluding hydrogens is 593 g/mol. The molecule has 47 heavy (non-hydrogen) atoms. The van der Waals surface area contributed by atoms with Gasteiger partial charge in [0.2, 0.25) is 5.95 Å². The molecule has 0 spiro atoms. The summed E-state index contributed by atoms with van der Waals surface area (Å²) in [5.41, 5.74) is 8.45. The van der Waals surface area contributed by atoms with Crippen LogP contribution in [0.2, 0.25) is 0 Å². The van der Waals surface area contributed by atoms with Gasteiger partial charge in [-0.1, -0.05) is 109 Å². The van der Waals surface area contributed by atoms with Crippen molar-refractivity contribution >= 4 is 64.2 Å². The van der Waals surface area contributed by atoms with Crippen LogP contribution in [-0.2, 0) is 0 Å². The highest BCUT2D eigenvalue weighted by atomic mass is 32.1. The maximum atomic E-state index is 5.32. The lowest BCUT2D eigenvalue weighted by Crippen LogP contribution is -2.04. The Morgan fingerprint density at radius 2 is 1.13 bits per heavy atom. The van der Waals surface area contributed by atoms with Crippen molar-refractivity contribution in [2.75, 3.05) is 0 Å². The van der Waals surface area contributed by atoms with Crippen LogP contribution in [-0.4, -0.2) is 19.1 Å². The van der Waals surface area contributed by atoms with Crippen molar-refractivity contribution in [3.8, 4) is 34.2 Å². The van der Waals surface area contributed by atoms with Crippen LogP contribution in [0.3, 0.4) is 0 Å². The van der Waals surface area contributed by atoms with Crippen LogP contribution in [0.4, 0.5) is 0 Å². The van der Waals surface area contributed by atoms with Gasteiger partial charge >= 0.3 is 0 Å². The number of aromatic nitrogens is 4. The summed E-state index contributed by atoms with van der Waals surface area (Å²) in [5.74, 6) is 0.664. The minimum atomic E-state index is 0.664. The number of hydrogen-bond acceptors (Lipinski definition) is 3. The Labute approximate surface area is 274 Å². The standard InChI is InChI=1S/C42H26N4S/c1-4-12-27(13-5-1)35-26-36(28-14-6-2-7-15-28)44-42(43-35)46-38-24-29-22-23-45(30-16-8-3-9-17-30)37(29)25-34(38)32-20-21-33-31-18-10-11-19-39(31)47-41(33)40(32)46/h1-26H. The van der Waals surface area contributed by atoms with E-state index in [1.165, 1.54) is 41.8 Å². The second-order valence-electron chi connectivity index (χ2n) is 11.9. The fraction of sp³-hybridized carbons (Fsp3) is 0. The quantitative estimate of drug-likeness (QED) is 0.197. The van der Waals surface area contributed by atoms with Gasteiger partial charge in [0.1, 0.15) is 0 Å². The number of benzene rings is 6. The van der Waals surface area contributed by atoms with E-state index >= 15 is 0 Å². The number of thiophene rings is 1. The number of nitrogens with zero attached hydrogens (tertiary/aromatic N) is 4. The van der Waals surface area contributed by atoms with Gasteiger partial charge in [0.15, 0.2) is 0 Å². The largest absolute Gasteiger partial charge is 0.317 e. The molecular formula is C42H26N4S. The zero-order chi connectivity index (χ0) is 30.9. The average molecular weight is 619 g/mol. The van der Waals surface area contributed by atoms with Crippen molar-refractivity contribution in [2.45, 2.75) is 0 Å². The second-order valence-corrected chi connectivity index (χ2v) is 12.9. The van der Waals surface area contributed by atoms with E-state index < -0.39 is 0 Å². The zero-order valence-electron chi connectivity index (χ0n) is 25.2. The fourth-order valence-corrected chi connectivity index (χ4v) is 8.22. The van der Waals surface area contributed by atoms with Crippen molar-refractivity contribution in [2.24, 2.45) is 0 Å². The maximum absolute atomic E-state index is 5.32. The van der Waals surface area contributed by atoms with Gasteiger partial charge in [-0.3, -0.25) is 4.57 Å². The molecule has 0 saturated heterocycles. The van der Waals surface area contributed by atoms with Crippen LogP contribution in [0, 0.1) is 0 Å². The molecule has 0 atom stereocenters. The predicted molar refractivity (Wildman–Crippen MR) is 197 cm³/mol. The maximum Gasteiger partial charge on any atom is 0.235 e. The first-order chi connectivity index (χ1) is 23.3. The molecule has 5 heteroatoms. The summed E-state index contributed by atoms with van der Waals surface area (Å²) in [5, 5.41) is 6.06. The van der Waals surface area contributed by atoms with E-state index in [-0.39, 0.29) is 0 Å². The molecule has 4 aromatic heterocycles. The summed E-state index contributed by atoms with van der Waals surface area (Å²) in [7, 11) is 0. The van der Waals surface area contributed by atoms with Crippen molar-refractivity contribution in [1.29, 1.82) is 0 Å². The number of rotatable bonds is 4. The van der Waals surface area contributed by atoms with Crippen molar-refractivity contribution in [3.05, 3.63) is 158 Å². The third-order valence-electron chi connectivity index (χ3n) is 9.17. The normalized spacial score (nSPS) is 11.8. The van der Waals surface area contributed by atoms with E-state index in [0.29, 0.717) is 5.95 Å². The van der Waals surface area contributed by atoms with Gasteiger partial charge in [-0.15, -0.1) is 11.3 Å². The highest BCUT2D eigenvalue weighted by Gasteiger charge is 2.22. The third kappa shape index (κ3) is 4.07. The highest BCUT2D eigenvalue weighted by Crippen LogP contribution is 2.44. The summed E-state index contributed by atoms with van der Waals surface area (Å²) >= 11 is 1.84. The molecule has 6 aromatic carbocycles. The Hall–Kier alpha value is -6.04. The summed E-state index contributed by atoms with van der Waals surface area (Å²) in [4.78, 5) is 10.6. The number of fused-ring (bicyclic) bond motifs is 8. The van der Waals surface area contributed by atoms with Crippen LogP contribution >= 0.6 is 11.3 Å². The van der Waals surface area contributed by atoms with E-state index in [1.807, 2.05) is 23.5 Å². The first-order valence-corrected chi connectivity index (χ1v) is 16.6. The van der Waals surface area contributed by atoms with Gasteiger partial charge in [0.25, 0.3) is 0 Å². The van der Waals surface area contributed by atoms with Gasteiger partial charge in [-0.2, -0.15) is 0 Å². The molecule has 0 bridgehead atoms. The van der Waals surface area contributed by atoms with E-state index in [2.05, 4.69) is 155 Å². The lowest BCUT2D eigenvalue weighted by Gasteiger charge is -2.12. The zero-order valence-corrected chi connectivity index (χ0v) is 26.0. The molecule has 0 aliphatic carbocycles. The third-order valence-corrected chi connectivity index (χ3v) is 10.4. The van der Waals surface area contributed by atoms with Crippen LogP contribution < -0.4 is 0 Å². The molecule has 0 radical (unpaired) electrons. The second kappa shape index (κ2) is 10.2. The van der Waals surface area contributed by atoms with Gasteiger partial charge in [-0.05, 0) is 42.5 Å². The van der Waals surface area contributed by atoms with Crippen LogP contribution in [0.1, 0.15) is 0 Å². The van der Waals surface area contributed by atoms with Crippen LogP contribution in [0.5, 0.6) is 0 Å². The van der Waals surface area contributed by atoms with Crippen molar-refractivity contribution < 1.29 is 0 Å². The molecule has 0 N–H and O–H groups in total. The minimum Gasteiger partial charge on any atom is -0.317 e. The summed E-state index contributed by atoms with van der Waals surface area (Å²) in [6, 6.07) is 53.6. The summed E-state index contributed by atoms with van der Waals surface area (Å²) < 4.78 is 7.10.